The van der Waals surface area contributed by atoms with Crippen LogP contribution in [0.1, 0.15) is 13.8 Å². The normalized spacial score (nSPS) is 25.8. The van der Waals surface area contributed by atoms with E-state index < -0.39 is 0 Å². The molecule has 2 unspecified atom stereocenters. The summed E-state index contributed by atoms with van der Waals surface area (Å²) in [6.07, 6.45) is 0. The number of rotatable bonds is 1. The summed E-state index contributed by atoms with van der Waals surface area (Å²) in [4.78, 5) is 10.4. The first-order chi connectivity index (χ1) is 7.58. The number of thioether (sulfide) groups is 1. The zero-order valence-electron chi connectivity index (χ0n) is 9.55. The summed E-state index contributed by atoms with van der Waals surface area (Å²) in [5, 5.41) is 0.589. The van der Waals surface area contributed by atoms with Gasteiger partial charge in [0, 0.05) is 29.7 Å². The Kier molecular flexibility index (Phi) is 3.09. The Balaban J connectivity index is 2.28. The third-order valence-corrected chi connectivity index (χ3v) is 4.27. The molecule has 0 amide bonds. The fraction of sp³-hybridized carbons (Fsp3) is 0.600. The molecule has 4 N–H and O–H groups in total. The minimum Gasteiger partial charge on any atom is -0.383 e. The predicted octanol–water partition coefficient (Wildman–Crippen LogP) is 0.971. The van der Waals surface area contributed by atoms with E-state index >= 15 is 0 Å². The van der Waals surface area contributed by atoms with Crippen molar-refractivity contribution in [2.45, 2.75) is 25.1 Å². The summed E-state index contributed by atoms with van der Waals surface area (Å²) in [7, 11) is 0. The lowest BCUT2D eigenvalue weighted by atomic mass is 10.2. The van der Waals surface area contributed by atoms with Gasteiger partial charge in [-0.1, -0.05) is 6.92 Å². The first-order valence-corrected chi connectivity index (χ1v) is 6.41. The highest BCUT2D eigenvalue weighted by Crippen LogP contribution is 2.28. The van der Waals surface area contributed by atoms with Crippen molar-refractivity contribution in [3.8, 4) is 0 Å². The molecule has 2 atom stereocenters. The molecule has 6 heteroatoms. The zero-order chi connectivity index (χ0) is 11.7. The molecule has 1 aliphatic heterocycles. The Labute approximate surface area is 99.6 Å². The molecule has 1 aromatic heterocycles. The van der Waals surface area contributed by atoms with Crippen molar-refractivity contribution in [2.24, 2.45) is 0 Å². The van der Waals surface area contributed by atoms with E-state index in [1.54, 1.807) is 6.07 Å². The van der Waals surface area contributed by atoms with Crippen LogP contribution in [0.2, 0.25) is 0 Å². The predicted molar refractivity (Wildman–Crippen MR) is 69.6 cm³/mol. The number of hydrogen-bond acceptors (Lipinski definition) is 6. The van der Waals surface area contributed by atoms with Crippen molar-refractivity contribution >= 4 is 29.3 Å². The van der Waals surface area contributed by atoms with Crippen molar-refractivity contribution in [3.05, 3.63) is 6.07 Å². The second-order valence-electron chi connectivity index (χ2n) is 4.02. The molecule has 1 saturated heterocycles. The number of anilines is 3. The average molecular weight is 239 g/mol. The lowest BCUT2D eigenvalue weighted by Gasteiger charge is -2.38. The summed E-state index contributed by atoms with van der Waals surface area (Å²) in [6, 6.07) is 2.22. The maximum absolute atomic E-state index is 5.68. The molecule has 0 bridgehead atoms. The van der Waals surface area contributed by atoms with E-state index in [1.165, 1.54) is 0 Å². The van der Waals surface area contributed by atoms with Gasteiger partial charge in [-0.2, -0.15) is 21.7 Å². The molecule has 1 aromatic rings. The number of hydrogen-bond donors (Lipinski definition) is 2. The summed E-state index contributed by atoms with van der Waals surface area (Å²) < 4.78 is 0. The van der Waals surface area contributed by atoms with Crippen LogP contribution in [0.15, 0.2) is 6.07 Å². The van der Waals surface area contributed by atoms with E-state index in [-0.39, 0.29) is 5.95 Å². The van der Waals surface area contributed by atoms with Crippen LogP contribution in [0.3, 0.4) is 0 Å². The number of nitrogen functional groups attached to an aromatic ring is 2. The van der Waals surface area contributed by atoms with Gasteiger partial charge >= 0.3 is 0 Å². The molecule has 0 radical (unpaired) electrons. The fourth-order valence-electron chi connectivity index (χ4n) is 1.88. The number of aromatic nitrogens is 2. The van der Waals surface area contributed by atoms with E-state index in [9.17, 15) is 0 Å². The molecule has 2 heterocycles. The quantitative estimate of drug-likeness (QED) is 0.760. The summed E-state index contributed by atoms with van der Waals surface area (Å²) >= 11 is 1.99. The largest absolute Gasteiger partial charge is 0.383 e. The Morgan fingerprint density at radius 3 is 2.81 bits per heavy atom. The molecule has 0 saturated carbocycles. The van der Waals surface area contributed by atoms with Gasteiger partial charge in [0.1, 0.15) is 11.6 Å². The van der Waals surface area contributed by atoms with Gasteiger partial charge < -0.3 is 16.4 Å². The standard InChI is InChI=1S/C10H17N5S/c1-6-7(2)16-4-3-15(6)9-5-8(11)13-10(12)14-9/h5-7H,3-4H2,1-2H3,(H4,11,12,13,14). The SMILES string of the molecule is CC1SCCN(c2cc(N)nc(N)n2)C1C. The lowest BCUT2D eigenvalue weighted by Crippen LogP contribution is -2.45. The van der Waals surface area contributed by atoms with Gasteiger partial charge in [0.15, 0.2) is 0 Å². The van der Waals surface area contributed by atoms with Crippen molar-refractivity contribution in [2.75, 3.05) is 28.7 Å². The van der Waals surface area contributed by atoms with E-state index in [0.717, 1.165) is 18.1 Å². The fourth-order valence-corrected chi connectivity index (χ4v) is 2.97. The third kappa shape index (κ3) is 2.16. The lowest BCUT2D eigenvalue weighted by molar-refractivity contribution is 0.620. The molecular formula is C10H17N5S. The minimum atomic E-state index is 0.244. The Bertz CT molecular complexity index is 363. The summed E-state index contributed by atoms with van der Waals surface area (Å²) in [5.41, 5.74) is 11.3. The van der Waals surface area contributed by atoms with Crippen LogP contribution in [0.4, 0.5) is 17.6 Å². The topological polar surface area (TPSA) is 81.1 Å². The first-order valence-electron chi connectivity index (χ1n) is 5.36. The van der Waals surface area contributed by atoms with E-state index in [0.29, 0.717) is 17.1 Å². The average Bonchev–Trinajstić information content (AvgIpc) is 2.20. The monoisotopic (exact) mass is 239 g/mol. The number of nitrogens with two attached hydrogens (primary N) is 2. The van der Waals surface area contributed by atoms with Crippen LogP contribution >= 0.6 is 11.8 Å². The van der Waals surface area contributed by atoms with Gasteiger partial charge in [0.25, 0.3) is 0 Å². The summed E-state index contributed by atoms with van der Waals surface area (Å²) in [6.45, 7) is 5.41. The molecule has 88 valence electrons. The van der Waals surface area contributed by atoms with Crippen molar-refractivity contribution < 1.29 is 0 Å². The molecular weight excluding hydrogens is 222 g/mol. The third-order valence-electron chi connectivity index (χ3n) is 2.93. The van der Waals surface area contributed by atoms with Gasteiger partial charge in [-0.3, -0.25) is 0 Å². The van der Waals surface area contributed by atoms with Crippen LogP contribution in [-0.2, 0) is 0 Å². The van der Waals surface area contributed by atoms with Crippen molar-refractivity contribution in [1.82, 2.24) is 9.97 Å². The Hall–Kier alpha value is -1.17. The molecule has 0 aliphatic carbocycles. The smallest absolute Gasteiger partial charge is 0.223 e. The van der Waals surface area contributed by atoms with Crippen LogP contribution < -0.4 is 16.4 Å². The molecule has 0 aromatic carbocycles. The highest BCUT2D eigenvalue weighted by Gasteiger charge is 2.26. The first kappa shape index (κ1) is 11.3. The van der Waals surface area contributed by atoms with Crippen LogP contribution in [0, 0.1) is 0 Å². The second-order valence-corrected chi connectivity index (χ2v) is 5.50. The van der Waals surface area contributed by atoms with Crippen LogP contribution in [0.5, 0.6) is 0 Å². The minimum absolute atomic E-state index is 0.244. The number of nitrogens with zero attached hydrogens (tertiary/aromatic N) is 3. The molecule has 0 spiro atoms. The molecule has 2 rings (SSSR count). The van der Waals surface area contributed by atoms with Crippen molar-refractivity contribution in [3.63, 3.8) is 0 Å². The molecule has 5 nitrogen and oxygen atoms in total. The highest BCUT2D eigenvalue weighted by atomic mass is 32.2. The molecule has 1 aliphatic rings. The maximum Gasteiger partial charge on any atom is 0.223 e. The Morgan fingerprint density at radius 1 is 1.38 bits per heavy atom. The summed E-state index contributed by atoms with van der Waals surface area (Å²) in [5.74, 6) is 2.62. The zero-order valence-corrected chi connectivity index (χ0v) is 10.4. The second kappa shape index (κ2) is 4.37. The Morgan fingerprint density at radius 2 is 2.12 bits per heavy atom. The van der Waals surface area contributed by atoms with Gasteiger partial charge in [0.2, 0.25) is 5.95 Å². The van der Waals surface area contributed by atoms with E-state index in [4.69, 9.17) is 11.5 Å². The molecule has 1 fully saturated rings. The van der Waals surface area contributed by atoms with E-state index in [2.05, 4.69) is 28.7 Å². The highest BCUT2D eigenvalue weighted by molar-refractivity contribution is 8.00. The maximum atomic E-state index is 5.68. The van der Waals surface area contributed by atoms with Gasteiger partial charge in [-0.25, -0.2) is 0 Å². The van der Waals surface area contributed by atoms with Crippen LogP contribution in [-0.4, -0.2) is 33.6 Å². The van der Waals surface area contributed by atoms with Gasteiger partial charge in [0.05, 0.1) is 0 Å². The molecule has 16 heavy (non-hydrogen) atoms. The van der Waals surface area contributed by atoms with Gasteiger partial charge in [-0.05, 0) is 6.92 Å². The van der Waals surface area contributed by atoms with Gasteiger partial charge in [-0.15, -0.1) is 0 Å². The van der Waals surface area contributed by atoms with Crippen LogP contribution in [0.25, 0.3) is 0 Å². The van der Waals surface area contributed by atoms with Crippen molar-refractivity contribution in [1.29, 1.82) is 0 Å². The van der Waals surface area contributed by atoms with E-state index in [1.807, 2.05) is 11.8 Å².